The van der Waals surface area contributed by atoms with E-state index in [2.05, 4.69) is 4.98 Å². The monoisotopic (exact) mass is 268 g/mol. The van der Waals surface area contributed by atoms with Crippen LogP contribution in [0.4, 0.5) is 8.78 Å². The van der Waals surface area contributed by atoms with E-state index in [1.807, 2.05) is 0 Å². The zero-order valence-corrected chi connectivity index (χ0v) is 10.2. The number of benzene rings is 1. The minimum absolute atomic E-state index is 0.261. The lowest BCUT2D eigenvalue weighted by atomic mass is 10.00. The number of pyridine rings is 1. The molecule has 0 fully saturated rings. The van der Waals surface area contributed by atoms with Crippen molar-refractivity contribution in [1.82, 2.24) is 4.98 Å². The molecule has 2 nitrogen and oxygen atoms in total. The number of hydrogen-bond donors (Lipinski definition) is 1. The largest absolute Gasteiger partial charge is 0.324 e. The summed E-state index contributed by atoms with van der Waals surface area (Å²) in [5.74, 6) is -0.866. The van der Waals surface area contributed by atoms with Crippen LogP contribution in [0.3, 0.4) is 0 Å². The third kappa shape index (κ3) is 2.83. The molecule has 0 spiro atoms. The highest BCUT2D eigenvalue weighted by Gasteiger charge is 2.14. The van der Waals surface area contributed by atoms with Gasteiger partial charge in [-0.1, -0.05) is 11.6 Å². The van der Waals surface area contributed by atoms with E-state index in [1.54, 1.807) is 0 Å². The summed E-state index contributed by atoms with van der Waals surface area (Å²) in [4.78, 5) is 3.65. The molecule has 94 valence electrons. The van der Waals surface area contributed by atoms with E-state index in [0.717, 1.165) is 6.20 Å². The summed E-state index contributed by atoms with van der Waals surface area (Å²) in [7, 11) is 0. The van der Waals surface area contributed by atoms with Crippen LogP contribution < -0.4 is 5.73 Å². The number of aromatic nitrogens is 1. The maximum Gasteiger partial charge on any atom is 0.146 e. The van der Waals surface area contributed by atoms with Gasteiger partial charge in [0.1, 0.15) is 11.6 Å². The Labute approximate surface area is 108 Å². The highest BCUT2D eigenvalue weighted by atomic mass is 35.5. The highest BCUT2D eigenvalue weighted by Crippen LogP contribution is 2.24. The van der Waals surface area contributed by atoms with E-state index in [9.17, 15) is 8.78 Å². The summed E-state index contributed by atoms with van der Waals surface area (Å²) in [5, 5.41) is 0.418. The van der Waals surface area contributed by atoms with Crippen LogP contribution in [0.1, 0.15) is 17.2 Å². The fourth-order valence-corrected chi connectivity index (χ4v) is 1.93. The molecule has 1 unspecified atom stereocenters. The summed E-state index contributed by atoms with van der Waals surface area (Å²) in [5.41, 5.74) is 6.79. The van der Waals surface area contributed by atoms with E-state index >= 15 is 0 Å². The third-order valence-corrected chi connectivity index (χ3v) is 3.02. The molecule has 0 bridgehead atoms. The molecule has 0 amide bonds. The standard InChI is InChI=1S/C13H11ClF2N2/c14-11-2-1-9(15)5-8(11)6-13(17)10-3-4-18-7-12(10)16/h1-5,7,13H,6,17H2. The van der Waals surface area contributed by atoms with Crippen molar-refractivity contribution in [3.05, 3.63) is 64.4 Å². The lowest BCUT2D eigenvalue weighted by Crippen LogP contribution is -2.15. The summed E-state index contributed by atoms with van der Waals surface area (Å²) in [6.07, 6.45) is 2.82. The molecular formula is C13H11ClF2N2. The van der Waals surface area contributed by atoms with Crippen LogP contribution in [-0.2, 0) is 6.42 Å². The molecule has 1 heterocycles. The fraction of sp³-hybridized carbons (Fsp3) is 0.154. The maximum atomic E-state index is 13.5. The molecule has 0 saturated carbocycles. The molecule has 0 aliphatic carbocycles. The fourth-order valence-electron chi connectivity index (χ4n) is 1.73. The Kier molecular flexibility index (Phi) is 3.89. The van der Waals surface area contributed by atoms with Gasteiger partial charge in [0.15, 0.2) is 0 Å². The van der Waals surface area contributed by atoms with Gasteiger partial charge in [-0.3, -0.25) is 4.98 Å². The predicted molar refractivity (Wildman–Crippen MR) is 66.2 cm³/mol. The summed E-state index contributed by atoms with van der Waals surface area (Å²) >= 11 is 5.94. The quantitative estimate of drug-likeness (QED) is 0.928. The van der Waals surface area contributed by atoms with E-state index in [0.29, 0.717) is 16.1 Å². The van der Waals surface area contributed by atoms with Crippen molar-refractivity contribution in [3.8, 4) is 0 Å². The second kappa shape index (κ2) is 5.42. The Hall–Kier alpha value is -1.52. The van der Waals surface area contributed by atoms with E-state index in [-0.39, 0.29) is 6.42 Å². The van der Waals surface area contributed by atoms with Crippen molar-refractivity contribution in [3.63, 3.8) is 0 Å². The first kappa shape index (κ1) is 12.9. The summed E-state index contributed by atoms with van der Waals surface area (Å²) in [6.45, 7) is 0. The molecule has 5 heteroatoms. The number of nitrogens with zero attached hydrogens (tertiary/aromatic N) is 1. The second-order valence-electron chi connectivity index (χ2n) is 3.94. The van der Waals surface area contributed by atoms with Gasteiger partial charge in [-0.15, -0.1) is 0 Å². The summed E-state index contributed by atoms with van der Waals surface area (Å²) in [6, 6.07) is 4.95. The van der Waals surface area contributed by atoms with Gasteiger partial charge in [0.25, 0.3) is 0 Å². The van der Waals surface area contributed by atoms with Gasteiger partial charge in [-0.25, -0.2) is 8.78 Å². The average Bonchev–Trinajstić information content (AvgIpc) is 2.34. The third-order valence-electron chi connectivity index (χ3n) is 2.65. The van der Waals surface area contributed by atoms with Crippen molar-refractivity contribution in [2.45, 2.75) is 12.5 Å². The van der Waals surface area contributed by atoms with Crippen molar-refractivity contribution in [2.24, 2.45) is 5.73 Å². The smallest absolute Gasteiger partial charge is 0.146 e. The van der Waals surface area contributed by atoms with Crippen LogP contribution in [-0.4, -0.2) is 4.98 Å². The Bertz CT molecular complexity index is 560. The molecular weight excluding hydrogens is 258 g/mol. The summed E-state index contributed by atoms with van der Waals surface area (Å²) < 4.78 is 26.6. The zero-order valence-electron chi connectivity index (χ0n) is 9.41. The van der Waals surface area contributed by atoms with Crippen molar-refractivity contribution in [2.75, 3.05) is 0 Å². The van der Waals surface area contributed by atoms with Crippen LogP contribution in [0.5, 0.6) is 0 Å². The van der Waals surface area contributed by atoms with Gasteiger partial charge in [0.2, 0.25) is 0 Å². The van der Waals surface area contributed by atoms with E-state index in [1.165, 1.54) is 30.5 Å². The van der Waals surface area contributed by atoms with Crippen molar-refractivity contribution in [1.29, 1.82) is 0 Å². The molecule has 0 radical (unpaired) electrons. The minimum Gasteiger partial charge on any atom is -0.324 e. The number of hydrogen-bond acceptors (Lipinski definition) is 2. The lowest BCUT2D eigenvalue weighted by molar-refractivity contribution is 0.573. The maximum absolute atomic E-state index is 13.5. The Morgan fingerprint density at radius 2 is 2.06 bits per heavy atom. The SMILES string of the molecule is NC(Cc1cc(F)ccc1Cl)c1ccncc1F. The first-order valence-electron chi connectivity index (χ1n) is 5.37. The first-order valence-corrected chi connectivity index (χ1v) is 5.74. The first-order chi connectivity index (χ1) is 8.58. The highest BCUT2D eigenvalue weighted by molar-refractivity contribution is 6.31. The van der Waals surface area contributed by atoms with Gasteiger partial charge >= 0.3 is 0 Å². The van der Waals surface area contributed by atoms with Crippen LogP contribution >= 0.6 is 11.6 Å². The molecule has 2 N–H and O–H groups in total. The van der Waals surface area contributed by atoms with Crippen LogP contribution in [0.15, 0.2) is 36.7 Å². The van der Waals surface area contributed by atoms with Gasteiger partial charge in [0, 0.05) is 22.8 Å². The Morgan fingerprint density at radius 3 is 2.78 bits per heavy atom. The number of halogens is 3. The topological polar surface area (TPSA) is 38.9 Å². The molecule has 0 saturated heterocycles. The molecule has 2 aromatic rings. The van der Waals surface area contributed by atoms with Gasteiger partial charge in [-0.05, 0) is 36.2 Å². The van der Waals surface area contributed by atoms with E-state index in [4.69, 9.17) is 17.3 Å². The minimum atomic E-state index is -0.590. The van der Waals surface area contributed by atoms with Gasteiger partial charge in [-0.2, -0.15) is 0 Å². The Balaban J connectivity index is 2.24. The average molecular weight is 269 g/mol. The lowest BCUT2D eigenvalue weighted by Gasteiger charge is -2.13. The molecule has 1 aromatic carbocycles. The molecule has 1 atom stereocenters. The normalized spacial score (nSPS) is 12.4. The van der Waals surface area contributed by atoms with Gasteiger partial charge < -0.3 is 5.73 Å². The molecule has 0 aliphatic rings. The Morgan fingerprint density at radius 1 is 1.28 bits per heavy atom. The molecule has 2 rings (SSSR count). The van der Waals surface area contributed by atoms with Gasteiger partial charge in [0.05, 0.1) is 6.20 Å². The van der Waals surface area contributed by atoms with Crippen molar-refractivity contribution < 1.29 is 8.78 Å². The number of rotatable bonds is 3. The molecule has 0 aliphatic heterocycles. The van der Waals surface area contributed by atoms with Crippen molar-refractivity contribution >= 4 is 11.6 Å². The van der Waals surface area contributed by atoms with Crippen LogP contribution in [0, 0.1) is 11.6 Å². The molecule has 1 aromatic heterocycles. The van der Waals surface area contributed by atoms with E-state index < -0.39 is 17.7 Å². The second-order valence-corrected chi connectivity index (χ2v) is 4.35. The predicted octanol–water partition coefficient (Wildman–Crippen LogP) is 3.26. The van der Waals surface area contributed by atoms with Crippen LogP contribution in [0.25, 0.3) is 0 Å². The van der Waals surface area contributed by atoms with Crippen LogP contribution in [0.2, 0.25) is 5.02 Å². The number of nitrogens with two attached hydrogens (primary N) is 1. The zero-order chi connectivity index (χ0) is 13.1. The molecule has 18 heavy (non-hydrogen) atoms.